The minimum atomic E-state index is -0.660. The van der Waals surface area contributed by atoms with Crippen molar-refractivity contribution in [1.82, 2.24) is 10.6 Å². The van der Waals surface area contributed by atoms with Crippen LogP contribution in [0.1, 0.15) is 33.6 Å². The molecule has 0 saturated carbocycles. The average Bonchev–Trinajstić information content (AvgIpc) is 2.18. The molecule has 1 rings (SSSR count). The summed E-state index contributed by atoms with van der Waals surface area (Å²) >= 11 is 0. The van der Waals surface area contributed by atoms with Crippen LogP contribution >= 0.6 is 0 Å². The van der Waals surface area contributed by atoms with E-state index in [4.69, 9.17) is 0 Å². The Morgan fingerprint density at radius 2 is 1.88 bits per heavy atom. The van der Waals surface area contributed by atoms with Gasteiger partial charge in [-0.25, -0.2) is 0 Å². The number of carbonyl (C=O) groups excluding carboxylic acids is 1. The lowest BCUT2D eigenvalue weighted by molar-refractivity contribution is -0.121. The third kappa shape index (κ3) is 5.61. The summed E-state index contributed by atoms with van der Waals surface area (Å²) in [5.41, 5.74) is -0.0363. The van der Waals surface area contributed by atoms with Gasteiger partial charge in [0, 0.05) is 33.9 Å². The van der Waals surface area contributed by atoms with Crippen molar-refractivity contribution in [2.24, 2.45) is 0 Å². The van der Waals surface area contributed by atoms with E-state index in [9.17, 15) is 9.00 Å². The zero-order valence-electron chi connectivity index (χ0n) is 10.3. The number of hydrogen-bond donors (Lipinski definition) is 2. The van der Waals surface area contributed by atoms with Crippen molar-refractivity contribution in [1.29, 1.82) is 0 Å². The molecule has 4 nitrogen and oxygen atoms in total. The van der Waals surface area contributed by atoms with Crippen molar-refractivity contribution in [2.45, 2.75) is 45.2 Å². The van der Waals surface area contributed by atoms with Crippen LogP contribution in [-0.2, 0) is 15.6 Å². The van der Waals surface area contributed by atoms with Gasteiger partial charge in [-0.2, -0.15) is 0 Å². The van der Waals surface area contributed by atoms with Gasteiger partial charge < -0.3 is 10.6 Å². The molecule has 0 bridgehead atoms. The number of rotatable bonds is 3. The summed E-state index contributed by atoms with van der Waals surface area (Å²) in [5, 5.41) is 6.12. The van der Waals surface area contributed by atoms with E-state index in [0.29, 0.717) is 6.54 Å². The Bertz CT molecular complexity index is 264. The summed E-state index contributed by atoms with van der Waals surface area (Å²) in [7, 11) is -0.660. The maximum Gasteiger partial charge on any atom is 0.234 e. The van der Waals surface area contributed by atoms with E-state index in [1.165, 1.54) is 0 Å². The molecule has 0 atom stereocenters. The van der Waals surface area contributed by atoms with Gasteiger partial charge in [0.2, 0.25) is 5.91 Å². The second kappa shape index (κ2) is 5.77. The quantitative estimate of drug-likeness (QED) is 0.758. The minimum Gasteiger partial charge on any atom is -0.352 e. The van der Waals surface area contributed by atoms with Crippen LogP contribution in [-0.4, -0.2) is 39.7 Å². The van der Waals surface area contributed by atoms with Crippen LogP contribution in [0.2, 0.25) is 0 Å². The summed E-state index contributed by atoms with van der Waals surface area (Å²) in [6.07, 6.45) is 1.68. The molecular formula is C11H22N2O2S. The summed E-state index contributed by atoms with van der Waals surface area (Å²) in [6.45, 7) is 6.45. The van der Waals surface area contributed by atoms with Crippen molar-refractivity contribution in [3.05, 3.63) is 0 Å². The average molecular weight is 246 g/mol. The lowest BCUT2D eigenvalue weighted by Crippen LogP contribution is -2.47. The smallest absolute Gasteiger partial charge is 0.234 e. The first-order valence-corrected chi connectivity index (χ1v) is 7.25. The highest BCUT2D eigenvalue weighted by molar-refractivity contribution is 7.85. The fourth-order valence-electron chi connectivity index (χ4n) is 1.56. The van der Waals surface area contributed by atoms with Crippen molar-refractivity contribution in [3.63, 3.8) is 0 Å². The molecule has 1 amide bonds. The molecule has 1 fully saturated rings. The van der Waals surface area contributed by atoms with Gasteiger partial charge >= 0.3 is 0 Å². The number of amides is 1. The highest BCUT2D eigenvalue weighted by Gasteiger charge is 2.20. The number of hydrogen-bond acceptors (Lipinski definition) is 3. The third-order valence-electron chi connectivity index (χ3n) is 2.53. The van der Waals surface area contributed by atoms with Crippen LogP contribution in [0.4, 0.5) is 0 Å². The molecule has 1 heterocycles. The van der Waals surface area contributed by atoms with E-state index in [1.807, 2.05) is 20.8 Å². The third-order valence-corrected chi connectivity index (χ3v) is 3.91. The molecule has 5 heteroatoms. The molecule has 0 aromatic rings. The molecule has 2 N–H and O–H groups in total. The van der Waals surface area contributed by atoms with Crippen LogP contribution in [0.3, 0.4) is 0 Å². The monoisotopic (exact) mass is 246 g/mol. The molecule has 0 unspecified atom stereocenters. The molecule has 1 aliphatic rings. The fraction of sp³-hybridized carbons (Fsp3) is 0.909. The van der Waals surface area contributed by atoms with Crippen LogP contribution in [0.15, 0.2) is 0 Å². The van der Waals surface area contributed by atoms with Crippen LogP contribution in [0.5, 0.6) is 0 Å². The van der Waals surface area contributed by atoms with Crippen LogP contribution in [0, 0.1) is 0 Å². The second-order valence-electron chi connectivity index (χ2n) is 5.29. The van der Waals surface area contributed by atoms with Crippen molar-refractivity contribution in [2.75, 3.05) is 18.1 Å². The molecule has 94 valence electrons. The van der Waals surface area contributed by atoms with E-state index >= 15 is 0 Å². The van der Waals surface area contributed by atoms with Gasteiger partial charge in [0.25, 0.3) is 0 Å². The zero-order valence-corrected chi connectivity index (χ0v) is 11.2. The van der Waals surface area contributed by atoms with Gasteiger partial charge in [-0.1, -0.05) is 0 Å². The van der Waals surface area contributed by atoms with Crippen LogP contribution in [0.25, 0.3) is 0 Å². The normalized spacial score (nSPS) is 26.4. The van der Waals surface area contributed by atoms with E-state index in [0.717, 1.165) is 24.3 Å². The molecule has 0 aromatic heterocycles. The first-order valence-electron chi connectivity index (χ1n) is 5.76. The molecule has 0 aliphatic carbocycles. The largest absolute Gasteiger partial charge is 0.352 e. The highest BCUT2D eigenvalue weighted by Crippen LogP contribution is 2.08. The highest BCUT2D eigenvalue weighted by atomic mass is 32.2. The predicted octanol–water partition coefficient (Wildman–Crippen LogP) is 0.402. The molecule has 16 heavy (non-hydrogen) atoms. The van der Waals surface area contributed by atoms with Gasteiger partial charge in [0.05, 0.1) is 6.54 Å². The van der Waals surface area contributed by atoms with E-state index < -0.39 is 10.8 Å². The Morgan fingerprint density at radius 3 is 2.38 bits per heavy atom. The Morgan fingerprint density at radius 1 is 1.31 bits per heavy atom. The maximum absolute atomic E-state index is 11.6. The standard InChI is InChI=1S/C11H22N2O2S/c1-11(2,3)12-8-10(14)13-9-4-6-16(15)7-5-9/h9,12H,4-8H2,1-3H3,(H,13,14). The summed E-state index contributed by atoms with van der Waals surface area (Å²) in [5.74, 6) is 1.47. The minimum absolute atomic E-state index is 0.0348. The molecule has 1 saturated heterocycles. The zero-order chi connectivity index (χ0) is 12.2. The van der Waals surface area contributed by atoms with E-state index in [-0.39, 0.29) is 17.5 Å². The Kier molecular flexibility index (Phi) is 4.92. The Hall–Kier alpha value is -0.420. The van der Waals surface area contributed by atoms with Gasteiger partial charge in [0.1, 0.15) is 0 Å². The number of carbonyl (C=O) groups is 1. The molecule has 0 aromatic carbocycles. The predicted molar refractivity (Wildman–Crippen MR) is 66.8 cm³/mol. The first kappa shape index (κ1) is 13.6. The summed E-state index contributed by atoms with van der Waals surface area (Å²) in [4.78, 5) is 11.6. The van der Waals surface area contributed by atoms with Gasteiger partial charge in [0.15, 0.2) is 0 Å². The van der Waals surface area contributed by atoms with Gasteiger partial charge in [-0.05, 0) is 33.6 Å². The summed E-state index contributed by atoms with van der Waals surface area (Å²) < 4.78 is 11.1. The van der Waals surface area contributed by atoms with Crippen molar-refractivity contribution >= 4 is 16.7 Å². The summed E-state index contributed by atoms with van der Waals surface area (Å²) in [6, 6.07) is 0.215. The van der Waals surface area contributed by atoms with Crippen molar-refractivity contribution < 1.29 is 9.00 Å². The fourth-order valence-corrected chi connectivity index (χ4v) is 2.86. The van der Waals surface area contributed by atoms with E-state index in [1.54, 1.807) is 0 Å². The molecule has 1 aliphatic heterocycles. The Labute approximate surface area is 100 Å². The van der Waals surface area contributed by atoms with Crippen molar-refractivity contribution in [3.8, 4) is 0 Å². The molecule has 0 spiro atoms. The number of nitrogens with one attached hydrogen (secondary N) is 2. The van der Waals surface area contributed by atoms with E-state index in [2.05, 4.69) is 10.6 Å². The molecule has 0 radical (unpaired) electrons. The first-order chi connectivity index (χ1) is 7.37. The second-order valence-corrected chi connectivity index (χ2v) is 6.99. The topological polar surface area (TPSA) is 58.2 Å². The Balaban J connectivity index is 2.22. The SMILES string of the molecule is CC(C)(C)NCC(=O)NC1CCS(=O)CC1. The van der Waals surface area contributed by atoms with Gasteiger partial charge in [-0.3, -0.25) is 9.00 Å². The maximum atomic E-state index is 11.6. The van der Waals surface area contributed by atoms with Crippen LogP contribution < -0.4 is 10.6 Å². The molecular weight excluding hydrogens is 224 g/mol. The van der Waals surface area contributed by atoms with Gasteiger partial charge in [-0.15, -0.1) is 0 Å². The lowest BCUT2D eigenvalue weighted by Gasteiger charge is -2.24. The lowest BCUT2D eigenvalue weighted by atomic mass is 10.1.